The monoisotopic (exact) mass is 390 g/mol. The van der Waals surface area contributed by atoms with E-state index in [1.165, 1.54) is 6.42 Å². The van der Waals surface area contributed by atoms with Crippen molar-refractivity contribution in [3.63, 3.8) is 0 Å². The average molecular weight is 391 g/mol. The number of rotatable bonds is 3. The van der Waals surface area contributed by atoms with E-state index >= 15 is 0 Å². The molecule has 2 fully saturated rings. The summed E-state index contributed by atoms with van der Waals surface area (Å²) in [5.41, 5.74) is 1.46. The van der Waals surface area contributed by atoms with Gasteiger partial charge < -0.3 is 10.1 Å². The van der Waals surface area contributed by atoms with Crippen LogP contribution in [0.4, 0.5) is 0 Å². The summed E-state index contributed by atoms with van der Waals surface area (Å²) in [4.78, 5) is 17.6. The Morgan fingerprint density at radius 2 is 2.00 bits per heavy atom. The van der Waals surface area contributed by atoms with Gasteiger partial charge in [0.05, 0.1) is 11.6 Å². The normalized spacial score (nSPS) is 23.8. The number of benzene rings is 1. The summed E-state index contributed by atoms with van der Waals surface area (Å²) in [7, 11) is 1.75. The Kier molecular flexibility index (Phi) is 6.16. The first-order valence-corrected chi connectivity index (χ1v) is 10.9. The van der Waals surface area contributed by atoms with E-state index in [0.29, 0.717) is 0 Å². The molecule has 2 atom stereocenters. The lowest BCUT2D eigenvalue weighted by molar-refractivity contribution is -0.129. The van der Waals surface area contributed by atoms with Crippen molar-refractivity contribution < 1.29 is 9.53 Å². The highest BCUT2D eigenvalue weighted by Crippen LogP contribution is 2.31. The molecular weight excluding hydrogens is 360 g/mol. The molecule has 0 spiro atoms. The molecular formula is C25H30N2O2. The molecule has 0 aliphatic heterocycles. The number of amides is 1. The first kappa shape index (κ1) is 19.9. The molecule has 0 radical (unpaired) electrons. The summed E-state index contributed by atoms with van der Waals surface area (Å²) in [6, 6.07) is 10.2. The second-order valence-corrected chi connectivity index (χ2v) is 8.52. The van der Waals surface area contributed by atoms with Crippen molar-refractivity contribution in [1.29, 1.82) is 0 Å². The number of ether oxygens (including phenoxy) is 1. The summed E-state index contributed by atoms with van der Waals surface area (Å²) in [6.07, 6.45) is 11.2. The van der Waals surface area contributed by atoms with E-state index in [4.69, 9.17) is 4.74 Å². The number of carbonyl (C=O) groups excluding carboxylic acids is 1. The predicted molar refractivity (Wildman–Crippen MR) is 115 cm³/mol. The zero-order chi connectivity index (χ0) is 20.1. The van der Waals surface area contributed by atoms with E-state index in [2.05, 4.69) is 34.3 Å². The van der Waals surface area contributed by atoms with Crippen LogP contribution in [-0.2, 0) is 9.53 Å². The lowest BCUT2D eigenvalue weighted by Crippen LogP contribution is -2.51. The topological polar surface area (TPSA) is 51.2 Å². The van der Waals surface area contributed by atoms with Gasteiger partial charge in [0.1, 0.15) is 5.54 Å². The molecule has 29 heavy (non-hydrogen) atoms. The number of nitrogens with one attached hydrogen (secondary N) is 1. The maximum absolute atomic E-state index is 13.1. The van der Waals surface area contributed by atoms with E-state index < -0.39 is 5.54 Å². The van der Waals surface area contributed by atoms with Crippen molar-refractivity contribution >= 4 is 16.8 Å². The van der Waals surface area contributed by atoms with Crippen LogP contribution in [0.3, 0.4) is 0 Å². The number of carbonyl (C=O) groups is 1. The van der Waals surface area contributed by atoms with Crippen molar-refractivity contribution in [2.45, 2.75) is 69.4 Å². The van der Waals surface area contributed by atoms with Crippen LogP contribution in [0, 0.1) is 17.8 Å². The Labute approximate surface area is 173 Å². The van der Waals surface area contributed by atoms with Crippen LogP contribution >= 0.6 is 0 Å². The Morgan fingerprint density at radius 1 is 1.17 bits per heavy atom. The minimum atomic E-state index is -0.416. The highest BCUT2D eigenvalue weighted by molar-refractivity contribution is 5.81. The number of aromatic nitrogens is 1. The second kappa shape index (κ2) is 8.97. The molecule has 2 aliphatic carbocycles. The Bertz CT molecular complexity index is 921. The Morgan fingerprint density at radius 3 is 2.83 bits per heavy atom. The van der Waals surface area contributed by atoms with E-state index in [1.807, 2.05) is 24.4 Å². The van der Waals surface area contributed by atoms with E-state index in [-0.39, 0.29) is 17.9 Å². The smallest absolute Gasteiger partial charge is 0.224 e. The van der Waals surface area contributed by atoms with E-state index in [1.54, 1.807) is 7.11 Å². The van der Waals surface area contributed by atoms with Crippen LogP contribution in [0.15, 0.2) is 36.5 Å². The molecule has 2 aliphatic rings. The molecule has 4 rings (SSSR count). The highest BCUT2D eigenvalue weighted by atomic mass is 16.5. The molecule has 152 valence electrons. The third kappa shape index (κ3) is 4.79. The summed E-state index contributed by atoms with van der Waals surface area (Å²) in [5.74, 6) is 6.97. The number of pyridine rings is 1. The van der Waals surface area contributed by atoms with Gasteiger partial charge in [-0.3, -0.25) is 9.78 Å². The number of fused-ring (bicyclic) bond motifs is 1. The molecule has 2 aromatic rings. The maximum Gasteiger partial charge on any atom is 0.224 e. The van der Waals surface area contributed by atoms with Gasteiger partial charge >= 0.3 is 0 Å². The third-order valence-corrected chi connectivity index (χ3v) is 6.44. The molecule has 4 heteroatoms. The van der Waals surface area contributed by atoms with Gasteiger partial charge in [-0.05, 0) is 44.2 Å². The molecule has 4 nitrogen and oxygen atoms in total. The van der Waals surface area contributed by atoms with Crippen LogP contribution in [-0.4, -0.2) is 29.6 Å². The van der Waals surface area contributed by atoms with Crippen molar-refractivity contribution in [2.24, 2.45) is 5.92 Å². The fourth-order valence-electron chi connectivity index (χ4n) is 4.70. The summed E-state index contributed by atoms with van der Waals surface area (Å²) < 4.78 is 5.51. The average Bonchev–Trinajstić information content (AvgIpc) is 2.78. The Balaban J connectivity index is 1.53. The summed E-state index contributed by atoms with van der Waals surface area (Å²) in [6.45, 7) is 0. The van der Waals surface area contributed by atoms with Gasteiger partial charge in [-0.2, -0.15) is 0 Å². The van der Waals surface area contributed by atoms with Crippen molar-refractivity contribution in [3.05, 3.63) is 42.1 Å². The minimum Gasteiger partial charge on any atom is -0.381 e. The Hall–Kier alpha value is -2.38. The molecule has 0 unspecified atom stereocenters. The van der Waals surface area contributed by atoms with Crippen molar-refractivity contribution in [3.8, 4) is 11.8 Å². The number of nitrogens with zero attached hydrogens (tertiary/aromatic N) is 1. The number of methoxy groups -OCH3 is 1. The molecule has 1 heterocycles. The molecule has 1 N–H and O–H groups in total. The van der Waals surface area contributed by atoms with Gasteiger partial charge in [-0.15, -0.1) is 0 Å². The molecule has 1 aromatic heterocycles. The first-order valence-electron chi connectivity index (χ1n) is 10.9. The van der Waals surface area contributed by atoms with Gasteiger partial charge in [0.2, 0.25) is 5.91 Å². The molecule has 0 saturated heterocycles. The molecule has 0 bridgehead atoms. The van der Waals surface area contributed by atoms with Gasteiger partial charge in [-0.1, -0.05) is 55.7 Å². The van der Waals surface area contributed by atoms with E-state index in [0.717, 1.165) is 67.8 Å². The van der Waals surface area contributed by atoms with Crippen molar-refractivity contribution in [1.82, 2.24) is 10.3 Å². The third-order valence-electron chi connectivity index (χ3n) is 6.44. The highest BCUT2D eigenvalue weighted by Gasteiger charge is 2.35. The van der Waals surface area contributed by atoms with Crippen molar-refractivity contribution in [2.75, 3.05) is 7.11 Å². The zero-order valence-electron chi connectivity index (χ0n) is 17.2. The van der Waals surface area contributed by atoms with Gasteiger partial charge in [0, 0.05) is 30.2 Å². The van der Waals surface area contributed by atoms with Gasteiger partial charge in [0.15, 0.2) is 0 Å². The zero-order valence-corrected chi connectivity index (χ0v) is 17.2. The summed E-state index contributed by atoms with van der Waals surface area (Å²) in [5, 5.41) is 4.46. The predicted octanol–water partition coefficient (Wildman–Crippen LogP) is 4.61. The van der Waals surface area contributed by atoms with Crippen LogP contribution in [0.2, 0.25) is 0 Å². The van der Waals surface area contributed by atoms with Crippen LogP contribution in [0.1, 0.15) is 63.4 Å². The van der Waals surface area contributed by atoms with Crippen LogP contribution < -0.4 is 5.32 Å². The second-order valence-electron chi connectivity index (χ2n) is 8.52. The lowest BCUT2D eigenvalue weighted by atomic mass is 9.80. The first-order chi connectivity index (χ1) is 14.2. The maximum atomic E-state index is 13.1. The van der Waals surface area contributed by atoms with Gasteiger partial charge in [0.25, 0.3) is 0 Å². The van der Waals surface area contributed by atoms with Crippen LogP contribution in [0.25, 0.3) is 10.9 Å². The lowest BCUT2D eigenvalue weighted by Gasteiger charge is -2.36. The summed E-state index contributed by atoms with van der Waals surface area (Å²) >= 11 is 0. The van der Waals surface area contributed by atoms with E-state index in [9.17, 15) is 4.79 Å². The number of hydrogen-bond donors (Lipinski definition) is 1. The standard InChI is InChI=1S/C25H30N2O2/c1-29-22-10-7-9-21(17-22)24(28)27-25(13-5-2-6-14-25)15-12-19-16-20-8-3-4-11-23(20)26-18-19/h3-4,8,11,16,18,21-22H,2,5-7,9-10,13-14,17H2,1H3,(H,27,28)/t21-,22-/m1/s1. The largest absolute Gasteiger partial charge is 0.381 e. The minimum absolute atomic E-state index is 0.0386. The molecule has 1 amide bonds. The molecule has 2 saturated carbocycles. The quantitative estimate of drug-likeness (QED) is 0.779. The van der Waals surface area contributed by atoms with Gasteiger partial charge in [-0.25, -0.2) is 0 Å². The molecule has 1 aromatic carbocycles. The fourth-order valence-corrected chi connectivity index (χ4v) is 4.70. The fraction of sp³-hybridized carbons (Fsp3) is 0.520. The number of para-hydroxylation sites is 1. The number of hydrogen-bond acceptors (Lipinski definition) is 3. The SMILES string of the molecule is CO[C@@H]1CCC[C@@H](C(=O)NC2(C#Cc3cnc4ccccc4c3)CCCCC2)C1. The van der Waals surface area contributed by atoms with Crippen LogP contribution in [0.5, 0.6) is 0 Å².